The molecule has 0 bridgehead atoms. The Bertz CT molecular complexity index is 588. The summed E-state index contributed by atoms with van der Waals surface area (Å²) < 4.78 is 7.24. The number of carbonyl (C=O) groups excluding carboxylic acids is 2. The van der Waals surface area contributed by atoms with Crippen LogP contribution in [0.2, 0.25) is 0 Å². The number of aryl methyl sites for hydroxylation is 1. The van der Waals surface area contributed by atoms with E-state index in [-0.39, 0.29) is 29.9 Å². The molecule has 128 valence electrons. The van der Waals surface area contributed by atoms with E-state index in [1.165, 1.54) is 0 Å². The van der Waals surface area contributed by atoms with Crippen LogP contribution in [0.15, 0.2) is 12.5 Å². The van der Waals surface area contributed by atoms with Gasteiger partial charge in [-0.2, -0.15) is 0 Å². The maximum Gasteiger partial charge on any atom is 0.311 e. The molecule has 6 heteroatoms. The summed E-state index contributed by atoms with van der Waals surface area (Å²) in [5.74, 6) is -0.597. The van der Waals surface area contributed by atoms with Crippen molar-refractivity contribution in [3.05, 3.63) is 18.2 Å². The lowest BCUT2D eigenvalue weighted by atomic mass is 9.86. The van der Waals surface area contributed by atoms with Crippen molar-refractivity contribution in [2.75, 3.05) is 0 Å². The molecule has 1 aromatic rings. The number of hydrogen-bond acceptors (Lipinski definition) is 4. The number of ether oxygens (including phenoxy) is 1. The summed E-state index contributed by atoms with van der Waals surface area (Å²) >= 11 is 0. The zero-order valence-corrected chi connectivity index (χ0v) is 14.9. The summed E-state index contributed by atoms with van der Waals surface area (Å²) in [7, 11) is 1.80. The van der Waals surface area contributed by atoms with Crippen LogP contribution in [0, 0.1) is 5.92 Å². The summed E-state index contributed by atoms with van der Waals surface area (Å²) in [4.78, 5) is 31.2. The first-order chi connectivity index (χ1) is 10.6. The Labute approximate surface area is 137 Å². The monoisotopic (exact) mass is 321 g/mol. The third-order valence-corrected chi connectivity index (χ3v) is 4.37. The quantitative estimate of drug-likeness (QED) is 0.785. The van der Waals surface area contributed by atoms with Crippen molar-refractivity contribution >= 4 is 11.9 Å². The molecule has 0 saturated carbocycles. The van der Waals surface area contributed by atoms with E-state index in [2.05, 4.69) is 4.98 Å². The first-order valence-corrected chi connectivity index (χ1v) is 8.13. The number of amides is 1. The smallest absolute Gasteiger partial charge is 0.311 e. The lowest BCUT2D eigenvalue weighted by Gasteiger charge is -2.43. The van der Waals surface area contributed by atoms with E-state index in [4.69, 9.17) is 4.74 Å². The summed E-state index contributed by atoms with van der Waals surface area (Å²) in [5.41, 5.74) is 0.0186. The molecule has 1 amide bonds. The first kappa shape index (κ1) is 17.5. The Hall–Kier alpha value is -1.85. The van der Waals surface area contributed by atoms with Crippen LogP contribution in [0.1, 0.15) is 57.9 Å². The number of hydrogen-bond donors (Lipinski definition) is 0. The average Bonchev–Trinajstić information content (AvgIpc) is 2.82. The molecular weight excluding hydrogens is 294 g/mol. The van der Waals surface area contributed by atoms with Crippen molar-refractivity contribution in [1.29, 1.82) is 0 Å². The van der Waals surface area contributed by atoms with E-state index in [0.717, 1.165) is 12.8 Å². The highest BCUT2D eigenvalue weighted by Crippen LogP contribution is 2.31. The van der Waals surface area contributed by atoms with Gasteiger partial charge in [0.1, 0.15) is 11.3 Å². The molecule has 0 N–H and O–H groups in total. The van der Waals surface area contributed by atoms with Crippen molar-refractivity contribution in [1.82, 2.24) is 14.5 Å². The molecule has 2 rings (SSSR count). The molecule has 3 atom stereocenters. The molecule has 0 aromatic carbocycles. The van der Waals surface area contributed by atoms with Gasteiger partial charge in [0, 0.05) is 19.1 Å². The van der Waals surface area contributed by atoms with Crippen molar-refractivity contribution in [2.24, 2.45) is 13.0 Å². The second-order valence-corrected chi connectivity index (χ2v) is 7.41. The molecule has 0 radical (unpaired) electrons. The molecule has 6 nitrogen and oxygen atoms in total. The summed E-state index contributed by atoms with van der Waals surface area (Å²) in [6, 6.07) is -0.109. The van der Waals surface area contributed by atoms with Crippen LogP contribution >= 0.6 is 0 Å². The van der Waals surface area contributed by atoms with Gasteiger partial charge >= 0.3 is 5.97 Å². The van der Waals surface area contributed by atoms with Gasteiger partial charge in [-0.05, 0) is 47.5 Å². The van der Waals surface area contributed by atoms with E-state index in [1.54, 1.807) is 29.0 Å². The largest absolute Gasteiger partial charge is 0.460 e. The second-order valence-electron chi connectivity index (χ2n) is 7.41. The van der Waals surface area contributed by atoms with Crippen molar-refractivity contribution in [2.45, 2.75) is 65.1 Å². The minimum Gasteiger partial charge on any atom is -0.460 e. The highest BCUT2D eigenvalue weighted by molar-refractivity contribution is 5.93. The molecule has 2 heterocycles. The topological polar surface area (TPSA) is 64.4 Å². The fraction of sp³-hybridized carbons (Fsp3) is 0.706. The molecule has 1 saturated heterocycles. The van der Waals surface area contributed by atoms with Crippen LogP contribution in [-0.2, 0) is 16.6 Å². The lowest BCUT2D eigenvalue weighted by molar-refractivity contribution is -0.164. The lowest BCUT2D eigenvalue weighted by Crippen LogP contribution is -2.54. The van der Waals surface area contributed by atoms with Gasteiger partial charge in [-0.15, -0.1) is 0 Å². The molecule has 0 spiro atoms. The zero-order valence-electron chi connectivity index (χ0n) is 14.9. The summed E-state index contributed by atoms with van der Waals surface area (Å²) in [6.07, 6.45) is 4.71. The number of aromatic nitrogens is 2. The summed E-state index contributed by atoms with van der Waals surface area (Å²) in [6.45, 7) is 9.54. The average molecular weight is 321 g/mol. The Kier molecular flexibility index (Phi) is 4.82. The molecule has 0 aliphatic carbocycles. The van der Waals surface area contributed by atoms with Crippen molar-refractivity contribution < 1.29 is 14.3 Å². The van der Waals surface area contributed by atoms with Gasteiger partial charge in [-0.1, -0.05) is 0 Å². The van der Waals surface area contributed by atoms with Gasteiger partial charge in [-0.25, -0.2) is 4.98 Å². The van der Waals surface area contributed by atoms with E-state index in [9.17, 15) is 9.59 Å². The van der Waals surface area contributed by atoms with E-state index in [1.807, 2.05) is 34.6 Å². The van der Waals surface area contributed by atoms with Crippen LogP contribution in [0.25, 0.3) is 0 Å². The predicted octanol–water partition coefficient (Wildman–Crippen LogP) is 2.39. The van der Waals surface area contributed by atoms with Crippen LogP contribution in [0.4, 0.5) is 0 Å². The third-order valence-electron chi connectivity index (χ3n) is 4.37. The number of esters is 1. The van der Waals surface area contributed by atoms with Crippen LogP contribution in [-0.4, -0.2) is 44.0 Å². The molecule has 1 fully saturated rings. The van der Waals surface area contributed by atoms with Gasteiger partial charge in [0.15, 0.2) is 0 Å². The maximum absolute atomic E-state index is 12.9. The first-order valence-electron chi connectivity index (χ1n) is 8.13. The number of likely N-dealkylation sites (tertiary alicyclic amines) is 1. The number of rotatable bonds is 2. The second kappa shape index (κ2) is 6.34. The Morgan fingerprint density at radius 2 is 1.91 bits per heavy atom. The van der Waals surface area contributed by atoms with Crippen molar-refractivity contribution in [3.63, 3.8) is 0 Å². The van der Waals surface area contributed by atoms with Gasteiger partial charge < -0.3 is 14.2 Å². The molecular formula is C17H27N3O3. The van der Waals surface area contributed by atoms with Gasteiger partial charge in [0.05, 0.1) is 18.4 Å². The highest BCUT2D eigenvalue weighted by atomic mass is 16.6. The minimum atomic E-state index is -0.517. The minimum absolute atomic E-state index is 0.0849. The van der Waals surface area contributed by atoms with Gasteiger partial charge in [-0.3, -0.25) is 9.59 Å². The third kappa shape index (κ3) is 3.74. The maximum atomic E-state index is 12.9. The van der Waals surface area contributed by atoms with Crippen LogP contribution in [0.5, 0.6) is 0 Å². The molecule has 1 aromatic heterocycles. The number of nitrogens with zero attached hydrogens (tertiary/aromatic N) is 3. The Morgan fingerprint density at radius 1 is 1.26 bits per heavy atom. The van der Waals surface area contributed by atoms with E-state index < -0.39 is 5.60 Å². The standard InChI is InChI=1S/C17H27N3O3/c1-11-7-8-13(16(22)23-17(3,4)5)12(2)20(11)15(21)14-9-18-10-19(14)6/h9-13H,7-8H2,1-6H3/t11-,12+,13+/m1/s1. The summed E-state index contributed by atoms with van der Waals surface area (Å²) in [5, 5.41) is 0. The van der Waals surface area contributed by atoms with Gasteiger partial charge in [0.2, 0.25) is 0 Å². The number of carbonyl (C=O) groups is 2. The fourth-order valence-electron chi connectivity index (χ4n) is 3.17. The molecule has 0 unspecified atom stereocenters. The van der Waals surface area contributed by atoms with Crippen LogP contribution < -0.4 is 0 Å². The normalized spacial score (nSPS) is 25.3. The number of piperidine rings is 1. The Morgan fingerprint density at radius 3 is 2.43 bits per heavy atom. The predicted molar refractivity (Wildman–Crippen MR) is 86.9 cm³/mol. The van der Waals surface area contributed by atoms with Gasteiger partial charge in [0.25, 0.3) is 5.91 Å². The fourth-order valence-corrected chi connectivity index (χ4v) is 3.17. The zero-order chi connectivity index (χ0) is 17.4. The van der Waals surface area contributed by atoms with E-state index in [0.29, 0.717) is 5.69 Å². The van der Waals surface area contributed by atoms with Crippen molar-refractivity contribution in [3.8, 4) is 0 Å². The Balaban J connectivity index is 2.21. The van der Waals surface area contributed by atoms with E-state index >= 15 is 0 Å². The number of imidazole rings is 1. The molecule has 1 aliphatic rings. The molecule has 1 aliphatic heterocycles. The SMILES string of the molecule is C[C@@H]1CC[C@H](C(=O)OC(C)(C)C)[C@H](C)N1C(=O)c1cncn1C. The van der Waals surface area contributed by atoms with Crippen LogP contribution in [0.3, 0.4) is 0 Å². The molecule has 23 heavy (non-hydrogen) atoms. The highest BCUT2D eigenvalue weighted by Gasteiger charge is 2.41.